The molecule has 2 aromatic rings. The highest BCUT2D eigenvalue weighted by Crippen LogP contribution is 2.30. The van der Waals surface area contributed by atoms with E-state index in [4.69, 9.17) is 14.8 Å². The highest BCUT2D eigenvalue weighted by Gasteiger charge is 2.27. The number of rotatable bonds is 5. The van der Waals surface area contributed by atoms with Gasteiger partial charge in [0.1, 0.15) is 11.4 Å². The number of pyridine rings is 1. The van der Waals surface area contributed by atoms with E-state index in [9.17, 15) is 4.79 Å². The van der Waals surface area contributed by atoms with Crippen LogP contribution in [0, 0.1) is 0 Å². The number of aliphatic hydroxyl groups excluding tert-OH is 1. The van der Waals surface area contributed by atoms with Gasteiger partial charge in [0.2, 0.25) is 0 Å². The predicted octanol–water partition coefficient (Wildman–Crippen LogP) is 3.75. The zero-order valence-electron chi connectivity index (χ0n) is 19.6. The molecule has 0 unspecified atom stereocenters. The number of amides is 1. The van der Waals surface area contributed by atoms with Gasteiger partial charge < -0.3 is 19.6 Å². The average molecular weight is 438 g/mol. The first kappa shape index (κ1) is 22.6. The van der Waals surface area contributed by atoms with Crippen LogP contribution in [0.15, 0.2) is 30.3 Å². The summed E-state index contributed by atoms with van der Waals surface area (Å²) in [7, 11) is 0. The van der Waals surface area contributed by atoms with E-state index in [1.807, 2.05) is 20.8 Å². The zero-order chi connectivity index (χ0) is 22.7. The summed E-state index contributed by atoms with van der Waals surface area (Å²) in [5, 5.41) is 9.14. The van der Waals surface area contributed by atoms with Crippen molar-refractivity contribution in [2.75, 3.05) is 37.7 Å². The summed E-state index contributed by atoms with van der Waals surface area (Å²) in [6.07, 6.45) is 4.68. The summed E-state index contributed by atoms with van der Waals surface area (Å²) < 4.78 is 5.53. The molecule has 0 atom stereocenters. The smallest absolute Gasteiger partial charge is 0.410 e. The van der Waals surface area contributed by atoms with Crippen molar-refractivity contribution >= 4 is 11.9 Å². The normalized spacial score (nSPS) is 16.2. The number of aryl methyl sites for hydroxylation is 1. The molecule has 6 heteroatoms. The van der Waals surface area contributed by atoms with E-state index in [0.29, 0.717) is 19.5 Å². The number of hydrogen-bond donors (Lipinski definition) is 1. The van der Waals surface area contributed by atoms with Gasteiger partial charge in [0, 0.05) is 38.5 Å². The van der Waals surface area contributed by atoms with Crippen molar-refractivity contribution in [1.29, 1.82) is 0 Å². The zero-order valence-corrected chi connectivity index (χ0v) is 19.6. The van der Waals surface area contributed by atoms with Gasteiger partial charge in [-0.05, 0) is 81.2 Å². The SMILES string of the molecule is CC(C)(C)OC(=O)N1CCN(c2cc(Cc3ccc(CCO)cc3)c3c(n2)CCC3)CC1. The summed E-state index contributed by atoms with van der Waals surface area (Å²) in [5.41, 5.74) is 6.00. The number of carbonyl (C=O) groups excluding carboxylic acids is 1. The Hall–Kier alpha value is -2.60. The van der Waals surface area contributed by atoms with Gasteiger partial charge in [-0.25, -0.2) is 9.78 Å². The van der Waals surface area contributed by atoms with Gasteiger partial charge in [0.15, 0.2) is 0 Å². The van der Waals surface area contributed by atoms with Crippen molar-refractivity contribution in [1.82, 2.24) is 9.88 Å². The van der Waals surface area contributed by atoms with E-state index in [1.54, 1.807) is 4.90 Å². The second-order valence-corrected chi connectivity index (χ2v) is 9.84. The lowest BCUT2D eigenvalue weighted by Gasteiger charge is -2.36. The second-order valence-electron chi connectivity index (χ2n) is 9.84. The second kappa shape index (κ2) is 9.49. The first-order valence-electron chi connectivity index (χ1n) is 11.8. The maximum absolute atomic E-state index is 12.4. The summed E-state index contributed by atoms with van der Waals surface area (Å²) in [6.45, 7) is 8.71. The third-order valence-electron chi connectivity index (χ3n) is 6.20. The van der Waals surface area contributed by atoms with Crippen molar-refractivity contribution in [2.45, 2.75) is 58.5 Å². The van der Waals surface area contributed by atoms with Crippen LogP contribution in [0.3, 0.4) is 0 Å². The predicted molar refractivity (Wildman–Crippen MR) is 126 cm³/mol. The number of nitrogens with zero attached hydrogens (tertiary/aromatic N) is 3. The Morgan fingerprint density at radius 1 is 1.06 bits per heavy atom. The Morgan fingerprint density at radius 2 is 1.75 bits per heavy atom. The number of anilines is 1. The fourth-order valence-electron chi connectivity index (χ4n) is 4.55. The molecule has 1 aliphatic heterocycles. The maximum atomic E-state index is 12.4. The monoisotopic (exact) mass is 437 g/mol. The van der Waals surface area contributed by atoms with Gasteiger partial charge in [-0.15, -0.1) is 0 Å². The Bertz CT molecular complexity index is 942. The molecule has 0 saturated carbocycles. The molecule has 2 aliphatic rings. The Balaban J connectivity index is 1.47. The van der Waals surface area contributed by atoms with Gasteiger partial charge in [0.05, 0.1) is 0 Å². The molecule has 1 aromatic heterocycles. The molecule has 0 radical (unpaired) electrons. The third kappa shape index (κ3) is 5.41. The number of carbonyl (C=O) groups is 1. The fraction of sp³-hybridized carbons (Fsp3) is 0.538. The minimum atomic E-state index is -0.471. The van der Waals surface area contributed by atoms with E-state index < -0.39 is 5.60 Å². The van der Waals surface area contributed by atoms with Crippen molar-refractivity contribution in [3.8, 4) is 0 Å². The number of fused-ring (bicyclic) bond motifs is 1. The van der Waals surface area contributed by atoms with Gasteiger partial charge in [-0.2, -0.15) is 0 Å². The highest BCUT2D eigenvalue weighted by atomic mass is 16.6. The van der Waals surface area contributed by atoms with E-state index in [-0.39, 0.29) is 12.7 Å². The van der Waals surface area contributed by atoms with Gasteiger partial charge in [-0.3, -0.25) is 0 Å². The lowest BCUT2D eigenvalue weighted by atomic mass is 9.98. The molecule has 6 nitrogen and oxygen atoms in total. The molecular weight excluding hydrogens is 402 g/mol. The van der Waals surface area contributed by atoms with Crippen LogP contribution >= 0.6 is 0 Å². The minimum Gasteiger partial charge on any atom is -0.444 e. The Labute approximate surface area is 191 Å². The highest BCUT2D eigenvalue weighted by molar-refractivity contribution is 5.68. The van der Waals surface area contributed by atoms with Crippen LogP contribution in [0.5, 0.6) is 0 Å². The van der Waals surface area contributed by atoms with E-state index in [0.717, 1.165) is 38.2 Å². The molecule has 2 heterocycles. The average Bonchev–Trinajstić information content (AvgIpc) is 3.23. The van der Waals surface area contributed by atoms with Crippen LogP contribution in [-0.4, -0.2) is 59.5 Å². The number of aromatic nitrogens is 1. The van der Waals surface area contributed by atoms with Crippen LogP contribution in [0.4, 0.5) is 10.6 Å². The maximum Gasteiger partial charge on any atom is 0.410 e. The molecule has 0 bridgehead atoms. The summed E-state index contributed by atoms with van der Waals surface area (Å²) >= 11 is 0. The molecular formula is C26H35N3O3. The number of ether oxygens (including phenoxy) is 1. The molecule has 32 heavy (non-hydrogen) atoms. The van der Waals surface area contributed by atoms with Crippen LogP contribution in [0.2, 0.25) is 0 Å². The molecule has 1 aliphatic carbocycles. The molecule has 1 fully saturated rings. The topological polar surface area (TPSA) is 65.9 Å². The van der Waals surface area contributed by atoms with Crippen LogP contribution in [0.1, 0.15) is 55.1 Å². The summed E-state index contributed by atoms with van der Waals surface area (Å²) in [4.78, 5) is 21.5. The van der Waals surface area contributed by atoms with E-state index >= 15 is 0 Å². The minimum absolute atomic E-state index is 0.182. The number of aliphatic hydroxyl groups is 1. The standard InChI is InChI=1S/C26H35N3O3/c1-26(2,3)32-25(31)29-14-12-28(13-15-29)24-18-21(22-5-4-6-23(22)27-24)17-20-9-7-19(8-10-20)11-16-30/h7-10,18,30H,4-6,11-17H2,1-3H3. The van der Waals surface area contributed by atoms with Crippen LogP contribution in [0.25, 0.3) is 0 Å². The first-order valence-corrected chi connectivity index (χ1v) is 11.8. The van der Waals surface area contributed by atoms with Gasteiger partial charge in [0.25, 0.3) is 0 Å². The van der Waals surface area contributed by atoms with Gasteiger partial charge in [-0.1, -0.05) is 24.3 Å². The van der Waals surface area contributed by atoms with Crippen molar-refractivity contribution < 1.29 is 14.6 Å². The van der Waals surface area contributed by atoms with Crippen LogP contribution < -0.4 is 4.90 Å². The number of piperazine rings is 1. The Kier molecular flexibility index (Phi) is 6.70. The molecule has 1 N–H and O–H groups in total. The molecule has 1 aromatic carbocycles. The largest absolute Gasteiger partial charge is 0.444 e. The lowest BCUT2D eigenvalue weighted by Crippen LogP contribution is -2.50. The summed E-state index contributed by atoms with van der Waals surface area (Å²) in [5.74, 6) is 1.03. The molecule has 4 rings (SSSR count). The molecule has 1 saturated heterocycles. The Morgan fingerprint density at radius 3 is 2.41 bits per heavy atom. The first-order chi connectivity index (χ1) is 15.3. The van der Waals surface area contributed by atoms with Crippen molar-refractivity contribution in [3.05, 3.63) is 58.3 Å². The van der Waals surface area contributed by atoms with Crippen molar-refractivity contribution in [3.63, 3.8) is 0 Å². The molecule has 172 valence electrons. The number of hydrogen-bond acceptors (Lipinski definition) is 5. The fourth-order valence-corrected chi connectivity index (χ4v) is 4.55. The summed E-state index contributed by atoms with van der Waals surface area (Å²) in [6, 6.07) is 10.8. The molecule has 1 amide bonds. The van der Waals surface area contributed by atoms with Crippen molar-refractivity contribution in [2.24, 2.45) is 0 Å². The third-order valence-corrected chi connectivity index (χ3v) is 6.20. The van der Waals surface area contributed by atoms with Crippen LogP contribution in [-0.2, 0) is 30.4 Å². The van der Waals surface area contributed by atoms with E-state index in [2.05, 4.69) is 35.2 Å². The quantitative estimate of drug-likeness (QED) is 0.772. The lowest BCUT2D eigenvalue weighted by molar-refractivity contribution is 0.0240. The van der Waals surface area contributed by atoms with E-state index in [1.165, 1.54) is 34.4 Å². The van der Waals surface area contributed by atoms with Gasteiger partial charge >= 0.3 is 6.09 Å². The molecule has 0 spiro atoms. The number of benzene rings is 1.